The van der Waals surface area contributed by atoms with E-state index < -0.39 is 0 Å². The second-order valence-electron chi connectivity index (χ2n) is 7.58. The van der Waals surface area contributed by atoms with Gasteiger partial charge in [0.15, 0.2) is 16.1 Å². The van der Waals surface area contributed by atoms with Crippen LogP contribution in [-0.2, 0) is 17.9 Å². The standard InChI is InChI=1S/C24H22Cl2N6O2S2/c1-3-32-19(12-27-22(34)17-10-9-16(25)11-18(17)26)30-31-24(32)35-13-20(33)28-23-29-21(14(2)36-23)15-7-5-4-6-8-15/h4-11H,3,12-13H2,1-2H3,(H,27,34)(H,28,29,33). The van der Waals surface area contributed by atoms with E-state index in [1.165, 1.54) is 29.2 Å². The number of nitrogens with one attached hydrogen (secondary N) is 2. The van der Waals surface area contributed by atoms with E-state index in [4.69, 9.17) is 23.2 Å². The van der Waals surface area contributed by atoms with Gasteiger partial charge in [-0.25, -0.2) is 4.98 Å². The minimum absolute atomic E-state index is 0.143. The lowest BCUT2D eigenvalue weighted by atomic mass is 10.1. The van der Waals surface area contributed by atoms with Gasteiger partial charge >= 0.3 is 0 Å². The molecule has 36 heavy (non-hydrogen) atoms. The summed E-state index contributed by atoms with van der Waals surface area (Å²) in [6.45, 7) is 4.66. The number of benzene rings is 2. The Hall–Kier alpha value is -2.92. The molecule has 0 aliphatic rings. The highest BCUT2D eigenvalue weighted by molar-refractivity contribution is 7.99. The van der Waals surface area contributed by atoms with Gasteiger partial charge in [0.2, 0.25) is 5.91 Å². The molecule has 12 heteroatoms. The summed E-state index contributed by atoms with van der Waals surface area (Å²) in [7, 11) is 0. The van der Waals surface area contributed by atoms with E-state index in [-0.39, 0.29) is 29.1 Å². The lowest BCUT2D eigenvalue weighted by molar-refractivity contribution is -0.113. The highest BCUT2D eigenvalue weighted by Gasteiger charge is 2.17. The van der Waals surface area contributed by atoms with Crippen LogP contribution in [0.15, 0.2) is 53.7 Å². The van der Waals surface area contributed by atoms with Gasteiger partial charge in [0.1, 0.15) is 0 Å². The van der Waals surface area contributed by atoms with Gasteiger partial charge in [-0.1, -0.05) is 65.3 Å². The summed E-state index contributed by atoms with van der Waals surface area (Å²) >= 11 is 14.7. The summed E-state index contributed by atoms with van der Waals surface area (Å²) in [6, 6.07) is 14.5. The predicted octanol–water partition coefficient (Wildman–Crippen LogP) is 5.70. The molecule has 2 aromatic carbocycles. The molecule has 4 rings (SSSR count). The van der Waals surface area contributed by atoms with Gasteiger partial charge < -0.3 is 15.2 Å². The molecule has 2 amide bonds. The molecule has 0 aliphatic carbocycles. The zero-order valence-electron chi connectivity index (χ0n) is 19.4. The third-order valence-corrected chi connectivity index (χ3v) is 7.52. The van der Waals surface area contributed by atoms with E-state index in [2.05, 4.69) is 25.8 Å². The molecule has 0 aliphatic heterocycles. The van der Waals surface area contributed by atoms with E-state index in [0.29, 0.717) is 33.2 Å². The van der Waals surface area contributed by atoms with Crippen LogP contribution in [0.25, 0.3) is 11.3 Å². The van der Waals surface area contributed by atoms with Crippen molar-refractivity contribution in [2.45, 2.75) is 32.1 Å². The van der Waals surface area contributed by atoms with Crippen LogP contribution in [0.4, 0.5) is 5.13 Å². The van der Waals surface area contributed by atoms with Crippen molar-refractivity contribution in [3.8, 4) is 11.3 Å². The number of hydrogen-bond donors (Lipinski definition) is 2. The molecule has 0 unspecified atom stereocenters. The summed E-state index contributed by atoms with van der Waals surface area (Å²) in [5, 5.41) is 15.9. The molecule has 186 valence electrons. The molecule has 0 saturated heterocycles. The first-order valence-electron chi connectivity index (χ1n) is 11.0. The Morgan fingerprint density at radius 1 is 1.11 bits per heavy atom. The average Bonchev–Trinajstić information content (AvgIpc) is 3.43. The molecule has 0 atom stereocenters. The van der Waals surface area contributed by atoms with Crippen molar-refractivity contribution in [2.75, 3.05) is 11.1 Å². The van der Waals surface area contributed by atoms with Crippen LogP contribution in [0.2, 0.25) is 10.0 Å². The lowest BCUT2D eigenvalue weighted by Crippen LogP contribution is -2.25. The van der Waals surface area contributed by atoms with Crippen LogP contribution in [0.1, 0.15) is 28.0 Å². The maximum absolute atomic E-state index is 12.6. The topological polar surface area (TPSA) is 102 Å². The molecular weight excluding hydrogens is 539 g/mol. The van der Waals surface area contributed by atoms with E-state index in [1.54, 1.807) is 12.1 Å². The number of aryl methyl sites for hydroxylation is 1. The number of aromatic nitrogens is 4. The number of carbonyl (C=O) groups is 2. The summed E-state index contributed by atoms with van der Waals surface area (Å²) < 4.78 is 1.85. The van der Waals surface area contributed by atoms with Gasteiger partial charge in [-0.3, -0.25) is 9.59 Å². The fraction of sp³-hybridized carbons (Fsp3) is 0.208. The van der Waals surface area contributed by atoms with Crippen LogP contribution < -0.4 is 10.6 Å². The first-order chi connectivity index (χ1) is 17.4. The third-order valence-electron chi connectivity index (χ3n) is 5.12. The van der Waals surface area contributed by atoms with Crippen molar-refractivity contribution in [2.24, 2.45) is 0 Å². The second kappa shape index (κ2) is 11.9. The first-order valence-corrected chi connectivity index (χ1v) is 13.5. The van der Waals surface area contributed by atoms with Crippen molar-refractivity contribution in [3.05, 3.63) is 74.8 Å². The van der Waals surface area contributed by atoms with E-state index >= 15 is 0 Å². The number of hydrogen-bond acceptors (Lipinski definition) is 7. The highest BCUT2D eigenvalue weighted by Crippen LogP contribution is 2.30. The SMILES string of the molecule is CCn1c(CNC(=O)c2ccc(Cl)cc2Cl)nnc1SCC(=O)Nc1nc(-c2ccccc2)c(C)s1. The number of rotatable bonds is 9. The van der Waals surface area contributed by atoms with E-state index in [0.717, 1.165) is 16.1 Å². The van der Waals surface area contributed by atoms with Crippen LogP contribution in [-0.4, -0.2) is 37.3 Å². The first kappa shape index (κ1) is 26.2. The summed E-state index contributed by atoms with van der Waals surface area (Å²) in [6.07, 6.45) is 0. The van der Waals surface area contributed by atoms with Crippen molar-refractivity contribution >= 4 is 63.2 Å². The molecule has 8 nitrogen and oxygen atoms in total. The Morgan fingerprint density at radius 3 is 2.61 bits per heavy atom. The monoisotopic (exact) mass is 560 g/mol. The van der Waals surface area contributed by atoms with Gasteiger partial charge in [-0.15, -0.1) is 21.5 Å². The van der Waals surface area contributed by atoms with Gasteiger partial charge in [0.25, 0.3) is 5.91 Å². The molecule has 2 heterocycles. The number of thiazole rings is 1. The number of thioether (sulfide) groups is 1. The van der Waals surface area contributed by atoms with Crippen LogP contribution in [0, 0.1) is 6.92 Å². The van der Waals surface area contributed by atoms with Gasteiger partial charge in [-0.2, -0.15) is 0 Å². The zero-order valence-corrected chi connectivity index (χ0v) is 22.6. The molecule has 0 fully saturated rings. The largest absolute Gasteiger partial charge is 0.345 e. The molecule has 4 aromatic rings. The normalized spacial score (nSPS) is 10.9. The molecule has 2 N–H and O–H groups in total. The minimum atomic E-state index is -0.343. The Bertz CT molecular complexity index is 1390. The zero-order chi connectivity index (χ0) is 25.7. The predicted molar refractivity (Wildman–Crippen MR) is 145 cm³/mol. The Labute approximate surface area is 226 Å². The van der Waals surface area contributed by atoms with Crippen molar-refractivity contribution in [1.29, 1.82) is 0 Å². The summed E-state index contributed by atoms with van der Waals surface area (Å²) in [5.74, 6) is 0.183. The quantitative estimate of drug-likeness (QED) is 0.255. The summed E-state index contributed by atoms with van der Waals surface area (Å²) in [5.41, 5.74) is 2.19. The van der Waals surface area contributed by atoms with Crippen molar-refractivity contribution < 1.29 is 9.59 Å². The second-order valence-corrected chi connectivity index (χ2v) is 10.6. The van der Waals surface area contributed by atoms with E-state index in [1.807, 2.05) is 48.7 Å². The number of carbonyl (C=O) groups excluding carboxylic acids is 2. The molecular formula is C24H22Cl2N6O2S2. The van der Waals surface area contributed by atoms with Gasteiger partial charge in [0, 0.05) is 22.0 Å². The van der Waals surface area contributed by atoms with Crippen LogP contribution in [0.5, 0.6) is 0 Å². The Kier molecular flexibility index (Phi) is 8.63. The Balaban J connectivity index is 1.34. The number of anilines is 1. The molecule has 0 saturated carbocycles. The molecule has 2 aromatic heterocycles. The fourth-order valence-corrected chi connectivity index (χ4v) is 5.57. The lowest BCUT2D eigenvalue weighted by Gasteiger charge is -2.09. The third kappa shape index (κ3) is 6.25. The maximum Gasteiger partial charge on any atom is 0.253 e. The molecule has 0 bridgehead atoms. The highest BCUT2D eigenvalue weighted by atomic mass is 35.5. The summed E-state index contributed by atoms with van der Waals surface area (Å²) in [4.78, 5) is 30.7. The molecule has 0 spiro atoms. The average molecular weight is 562 g/mol. The van der Waals surface area contributed by atoms with Gasteiger partial charge in [0.05, 0.1) is 28.6 Å². The minimum Gasteiger partial charge on any atom is -0.345 e. The Morgan fingerprint density at radius 2 is 1.89 bits per heavy atom. The van der Waals surface area contributed by atoms with Crippen molar-refractivity contribution in [1.82, 2.24) is 25.1 Å². The maximum atomic E-state index is 12.6. The van der Waals surface area contributed by atoms with Crippen LogP contribution >= 0.6 is 46.3 Å². The smallest absolute Gasteiger partial charge is 0.253 e. The van der Waals surface area contributed by atoms with Crippen LogP contribution in [0.3, 0.4) is 0 Å². The molecule has 0 radical (unpaired) electrons. The van der Waals surface area contributed by atoms with E-state index in [9.17, 15) is 9.59 Å². The fourth-order valence-electron chi connectivity index (χ4n) is 3.40. The number of halogens is 2. The van der Waals surface area contributed by atoms with Crippen molar-refractivity contribution in [3.63, 3.8) is 0 Å². The van der Waals surface area contributed by atoms with Gasteiger partial charge in [-0.05, 0) is 32.0 Å². The number of nitrogens with zero attached hydrogens (tertiary/aromatic N) is 4. The number of amides is 2.